The fourth-order valence-corrected chi connectivity index (χ4v) is 4.77. The van der Waals surface area contributed by atoms with E-state index in [-0.39, 0.29) is 34.3 Å². The van der Waals surface area contributed by atoms with Crippen molar-refractivity contribution >= 4 is 63.6 Å². The molecule has 0 N–H and O–H groups in total. The van der Waals surface area contributed by atoms with E-state index in [0.29, 0.717) is 27.4 Å². The summed E-state index contributed by atoms with van der Waals surface area (Å²) in [5.41, 5.74) is -0.336. The summed E-state index contributed by atoms with van der Waals surface area (Å²) in [6.07, 6.45) is 1.39. The first-order valence-electron chi connectivity index (χ1n) is 10.6. The van der Waals surface area contributed by atoms with Gasteiger partial charge in [0.2, 0.25) is 5.75 Å². The van der Waals surface area contributed by atoms with Gasteiger partial charge in [-0.15, -0.1) is 0 Å². The zero-order valence-electron chi connectivity index (χ0n) is 19.3. The van der Waals surface area contributed by atoms with Gasteiger partial charge in [0.05, 0.1) is 34.5 Å². The Morgan fingerprint density at radius 1 is 1.00 bits per heavy atom. The van der Waals surface area contributed by atoms with Crippen LogP contribution in [-0.2, 0) is 11.3 Å². The molecule has 1 aliphatic heterocycles. The Kier molecular flexibility index (Phi) is 7.86. The molecule has 0 aliphatic carbocycles. The molecule has 194 valence electrons. The molecule has 0 bridgehead atoms. The summed E-state index contributed by atoms with van der Waals surface area (Å²) in [5, 5.41) is 22.8. The van der Waals surface area contributed by atoms with Crippen molar-refractivity contribution in [3.63, 3.8) is 0 Å². The molecule has 4 rings (SSSR count). The molecular formula is C24H15Cl2N3O8S. The van der Waals surface area contributed by atoms with Gasteiger partial charge in [0, 0.05) is 21.7 Å². The van der Waals surface area contributed by atoms with E-state index in [1.807, 2.05) is 0 Å². The lowest BCUT2D eigenvalue weighted by Crippen LogP contribution is -2.27. The number of carbonyl (C=O) groups excluding carboxylic acids is 2. The number of imide groups is 1. The Morgan fingerprint density at radius 2 is 1.76 bits per heavy atom. The number of hydrogen-bond donors (Lipinski definition) is 0. The van der Waals surface area contributed by atoms with Gasteiger partial charge in [-0.2, -0.15) is 0 Å². The van der Waals surface area contributed by atoms with Crippen LogP contribution in [0, 0.1) is 20.2 Å². The van der Waals surface area contributed by atoms with Crippen LogP contribution in [0.5, 0.6) is 17.2 Å². The third-order valence-corrected chi connectivity index (χ3v) is 6.79. The van der Waals surface area contributed by atoms with Gasteiger partial charge in [-0.25, -0.2) is 0 Å². The fraction of sp³-hybridized carbons (Fsp3) is 0.0833. The molecule has 38 heavy (non-hydrogen) atoms. The summed E-state index contributed by atoms with van der Waals surface area (Å²) in [7, 11) is 1.35. The van der Waals surface area contributed by atoms with Crippen molar-refractivity contribution in [2.75, 3.05) is 7.11 Å². The molecule has 0 saturated carbocycles. The smallest absolute Gasteiger partial charge is 0.318 e. The van der Waals surface area contributed by atoms with Crippen LogP contribution in [0.2, 0.25) is 10.0 Å². The molecule has 14 heteroatoms. The number of halogens is 2. The summed E-state index contributed by atoms with van der Waals surface area (Å²) >= 11 is 12.8. The van der Waals surface area contributed by atoms with Gasteiger partial charge < -0.3 is 9.47 Å². The molecule has 1 aliphatic rings. The van der Waals surface area contributed by atoms with Gasteiger partial charge in [-0.3, -0.25) is 34.7 Å². The van der Waals surface area contributed by atoms with Crippen LogP contribution < -0.4 is 9.47 Å². The van der Waals surface area contributed by atoms with Crippen LogP contribution in [0.1, 0.15) is 11.1 Å². The molecule has 3 aromatic rings. The predicted octanol–water partition coefficient (Wildman–Crippen LogP) is 6.85. The zero-order chi connectivity index (χ0) is 27.6. The number of nitrogens with zero attached hydrogens (tertiary/aromatic N) is 3. The van der Waals surface area contributed by atoms with Crippen LogP contribution >= 0.6 is 35.0 Å². The lowest BCUT2D eigenvalue weighted by atomic mass is 10.1. The minimum absolute atomic E-state index is 0.000465. The first kappa shape index (κ1) is 26.9. The molecule has 1 fully saturated rings. The number of amides is 2. The average Bonchev–Trinajstić information content (AvgIpc) is 3.13. The highest BCUT2D eigenvalue weighted by molar-refractivity contribution is 8.18. The van der Waals surface area contributed by atoms with Crippen molar-refractivity contribution in [3.8, 4) is 17.2 Å². The van der Waals surface area contributed by atoms with E-state index in [2.05, 4.69) is 0 Å². The van der Waals surface area contributed by atoms with Gasteiger partial charge >= 0.3 is 5.69 Å². The Bertz CT molecular complexity index is 1530. The van der Waals surface area contributed by atoms with E-state index in [4.69, 9.17) is 32.7 Å². The normalized spacial score (nSPS) is 14.2. The molecule has 0 unspecified atom stereocenters. The fourth-order valence-electron chi connectivity index (χ4n) is 3.47. The Labute approximate surface area is 228 Å². The van der Waals surface area contributed by atoms with Crippen molar-refractivity contribution in [1.29, 1.82) is 0 Å². The van der Waals surface area contributed by atoms with Crippen molar-refractivity contribution in [2.45, 2.75) is 6.54 Å². The molecule has 11 nitrogen and oxygen atoms in total. The van der Waals surface area contributed by atoms with Gasteiger partial charge in [0.25, 0.3) is 16.8 Å². The number of carbonyl (C=O) groups is 2. The standard InChI is InChI=1S/C24H15Cl2N3O8S/c1-36-20-4-2-3-13(22(20)37-19-8-7-16(28(32)33)11-18(19)29(34)35)9-21-23(30)27(24(31)38-21)12-14-5-6-15(25)10-17(14)26/h2-11H,12H2,1H3/b21-9-. The van der Waals surface area contributed by atoms with E-state index in [1.54, 1.807) is 24.3 Å². The summed E-state index contributed by atoms with van der Waals surface area (Å²) in [6.45, 7) is -0.0749. The number of thioether (sulfide) groups is 1. The highest BCUT2D eigenvalue weighted by Crippen LogP contribution is 2.42. The Morgan fingerprint density at radius 3 is 2.42 bits per heavy atom. The van der Waals surface area contributed by atoms with Crippen molar-refractivity contribution < 1.29 is 28.9 Å². The monoisotopic (exact) mass is 575 g/mol. The summed E-state index contributed by atoms with van der Waals surface area (Å²) in [6, 6.07) is 12.3. The minimum atomic E-state index is -0.815. The summed E-state index contributed by atoms with van der Waals surface area (Å²) in [4.78, 5) is 47.9. The number of hydrogen-bond acceptors (Lipinski definition) is 9. The molecule has 2 amide bonds. The second-order valence-corrected chi connectivity index (χ2v) is 9.49. The predicted molar refractivity (Wildman–Crippen MR) is 141 cm³/mol. The van der Waals surface area contributed by atoms with E-state index >= 15 is 0 Å². The second kappa shape index (κ2) is 11.1. The van der Waals surface area contributed by atoms with E-state index in [1.165, 1.54) is 25.3 Å². The molecule has 1 heterocycles. The van der Waals surface area contributed by atoms with Gasteiger partial charge in [-0.1, -0.05) is 41.4 Å². The molecular weight excluding hydrogens is 561 g/mol. The average molecular weight is 576 g/mol. The zero-order valence-corrected chi connectivity index (χ0v) is 21.6. The minimum Gasteiger partial charge on any atom is -0.493 e. The third-order valence-electron chi connectivity index (χ3n) is 5.30. The number of ether oxygens (including phenoxy) is 2. The largest absolute Gasteiger partial charge is 0.493 e. The highest BCUT2D eigenvalue weighted by Gasteiger charge is 2.36. The number of nitro benzene ring substituents is 2. The SMILES string of the molecule is COc1cccc(/C=C2\SC(=O)N(Cc3ccc(Cl)cc3Cl)C2=O)c1Oc1ccc([N+](=O)[O-])cc1[N+](=O)[O-]. The molecule has 0 spiro atoms. The van der Waals surface area contributed by atoms with Crippen molar-refractivity contribution in [3.05, 3.63) is 101 Å². The Balaban J connectivity index is 1.69. The van der Waals surface area contributed by atoms with Crippen molar-refractivity contribution in [2.24, 2.45) is 0 Å². The van der Waals surface area contributed by atoms with E-state index in [9.17, 15) is 29.8 Å². The third kappa shape index (κ3) is 5.57. The quantitative estimate of drug-likeness (QED) is 0.160. The number of methoxy groups -OCH3 is 1. The first-order chi connectivity index (χ1) is 18.1. The summed E-state index contributed by atoms with van der Waals surface area (Å²) in [5.74, 6) is -0.704. The molecule has 0 atom stereocenters. The number of para-hydroxylation sites is 1. The van der Waals surface area contributed by atoms with Crippen molar-refractivity contribution in [1.82, 2.24) is 4.90 Å². The van der Waals surface area contributed by atoms with Gasteiger partial charge in [0.15, 0.2) is 11.5 Å². The van der Waals surface area contributed by atoms with Gasteiger partial charge in [-0.05, 0) is 47.7 Å². The topological polar surface area (TPSA) is 142 Å². The maximum absolute atomic E-state index is 13.1. The maximum Gasteiger partial charge on any atom is 0.318 e. The highest BCUT2D eigenvalue weighted by atomic mass is 35.5. The molecule has 0 aromatic heterocycles. The number of non-ortho nitro benzene ring substituents is 1. The van der Waals surface area contributed by atoms with Crippen LogP contribution in [0.4, 0.5) is 16.2 Å². The van der Waals surface area contributed by atoms with E-state index in [0.717, 1.165) is 23.1 Å². The second-order valence-electron chi connectivity index (χ2n) is 7.65. The lowest BCUT2D eigenvalue weighted by Gasteiger charge is -2.14. The lowest BCUT2D eigenvalue weighted by molar-refractivity contribution is -0.394. The molecule has 0 radical (unpaired) electrons. The number of nitro groups is 2. The van der Waals surface area contributed by atoms with E-state index < -0.39 is 32.4 Å². The van der Waals surface area contributed by atoms with Gasteiger partial charge in [0.1, 0.15) is 0 Å². The van der Waals surface area contributed by atoms with Crippen LogP contribution in [0.15, 0.2) is 59.5 Å². The Hall–Kier alpha value is -4.13. The number of benzene rings is 3. The van der Waals surface area contributed by atoms with Crippen LogP contribution in [0.3, 0.4) is 0 Å². The number of rotatable bonds is 8. The molecule has 3 aromatic carbocycles. The molecule has 1 saturated heterocycles. The van der Waals surface area contributed by atoms with Crippen LogP contribution in [0.25, 0.3) is 6.08 Å². The first-order valence-corrected chi connectivity index (χ1v) is 12.1. The van der Waals surface area contributed by atoms with Crippen LogP contribution in [-0.4, -0.2) is 33.0 Å². The maximum atomic E-state index is 13.1. The summed E-state index contributed by atoms with van der Waals surface area (Å²) < 4.78 is 11.1.